The number of carboxylic acid groups (broad SMARTS) is 1. The highest BCUT2D eigenvalue weighted by Crippen LogP contribution is 2.25. The highest BCUT2D eigenvalue weighted by molar-refractivity contribution is 6.42. The van der Waals surface area contributed by atoms with Gasteiger partial charge >= 0.3 is 5.97 Å². The van der Waals surface area contributed by atoms with E-state index in [1.165, 1.54) is 0 Å². The standard InChI is InChI=1S/C14H18Cl2N2O3/c1-14(2,3)18(8-13(20)21)7-12(19)17-9-4-5-10(15)11(16)6-9/h4-6H,7-8H2,1-3H3,(H,17,19)(H,20,21). The van der Waals surface area contributed by atoms with Crippen molar-refractivity contribution in [1.29, 1.82) is 0 Å². The second-order valence-corrected chi connectivity index (χ2v) is 6.41. The summed E-state index contributed by atoms with van der Waals surface area (Å²) < 4.78 is 0. The van der Waals surface area contributed by atoms with Gasteiger partial charge in [0.15, 0.2) is 0 Å². The number of hydrogen-bond acceptors (Lipinski definition) is 3. The van der Waals surface area contributed by atoms with E-state index < -0.39 is 11.5 Å². The average Bonchev–Trinajstić information content (AvgIpc) is 2.31. The van der Waals surface area contributed by atoms with Crippen molar-refractivity contribution in [2.24, 2.45) is 0 Å². The summed E-state index contributed by atoms with van der Waals surface area (Å²) in [6.45, 7) is 5.31. The van der Waals surface area contributed by atoms with E-state index >= 15 is 0 Å². The molecule has 21 heavy (non-hydrogen) atoms. The molecule has 0 radical (unpaired) electrons. The zero-order valence-corrected chi connectivity index (χ0v) is 13.6. The van der Waals surface area contributed by atoms with Crippen LogP contribution in [-0.4, -0.2) is 40.5 Å². The van der Waals surface area contributed by atoms with Crippen molar-refractivity contribution >= 4 is 40.8 Å². The van der Waals surface area contributed by atoms with Crippen LogP contribution >= 0.6 is 23.2 Å². The number of amides is 1. The van der Waals surface area contributed by atoms with Crippen LogP contribution in [0.5, 0.6) is 0 Å². The molecular formula is C14H18Cl2N2O3. The van der Waals surface area contributed by atoms with Crippen molar-refractivity contribution in [2.45, 2.75) is 26.3 Å². The van der Waals surface area contributed by atoms with Gasteiger partial charge in [0.25, 0.3) is 0 Å². The van der Waals surface area contributed by atoms with Gasteiger partial charge in [-0.15, -0.1) is 0 Å². The van der Waals surface area contributed by atoms with Crippen LogP contribution in [-0.2, 0) is 9.59 Å². The van der Waals surface area contributed by atoms with E-state index in [1.54, 1.807) is 23.1 Å². The van der Waals surface area contributed by atoms with Crippen LogP contribution in [0.4, 0.5) is 5.69 Å². The first-order valence-electron chi connectivity index (χ1n) is 6.31. The Kier molecular flexibility index (Phi) is 6.01. The van der Waals surface area contributed by atoms with E-state index in [2.05, 4.69) is 5.32 Å². The molecule has 0 atom stereocenters. The first kappa shape index (κ1) is 17.8. The molecule has 0 aromatic heterocycles. The number of nitrogens with zero attached hydrogens (tertiary/aromatic N) is 1. The second-order valence-electron chi connectivity index (χ2n) is 5.60. The number of carbonyl (C=O) groups is 2. The summed E-state index contributed by atoms with van der Waals surface area (Å²) in [6, 6.07) is 4.75. The van der Waals surface area contributed by atoms with Crippen molar-refractivity contribution in [3.63, 3.8) is 0 Å². The number of carbonyl (C=O) groups excluding carboxylic acids is 1. The molecule has 0 saturated carbocycles. The number of rotatable bonds is 5. The SMILES string of the molecule is CC(C)(C)N(CC(=O)O)CC(=O)Nc1ccc(Cl)c(Cl)c1. The van der Waals surface area contributed by atoms with E-state index in [0.29, 0.717) is 15.7 Å². The Morgan fingerprint density at radius 1 is 1.19 bits per heavy atom. The Hall–Kier alpha value is -1.30. The zero-order chi connectivity index (χ0) is 16.2. The van der Waals surface area contributed by atoms with Crippen LogP contribution < -0.4 is 5.32 Å². The molecule has 0 aliphatic heterocycles. The minimum atomic E-state index is -0.979. The van der Waals surface area contributed by atoms with Gasteiger partial charge in [-0.05, 0) is 39.0 Å². The van der Waals surface area contributed by atoms with Gasteiger partial charge in [0.2, 0.25) is 5.91 Å². The lowest BCUT2D eigenvalue weighted by atomic mass is 10.1. The van der Waals surface area contributed by atoms with E-state index in [9.17, 15) is 9.59 Å². The van der Waals surface area contributed by atoms with Crippen LogP contribution in [0.15, 0.2) is 18.2 Å². The fourth-order valence-electron chi connectivity index (χ4n) is 1.64. The molecule has 2 N–H and O–H groups in total. The molecule has 1 aromatic carbocycles. The van der Waals surface area contributed by atoms with E-state index in [1.807, 2.05) is 20.8 Å². The summed E-state index contributed by atoms with van der Waals surface area (Å²) in [4.78, 5) is 24.5. The van der Waals surface area contributed by atoms with Crippen LogP contribution in [0.2, 0.25) is 10.0 Å². The highest BCUT2D eigenvalue weighted by atomic mass is 35.5. The third-order valence-corrected chi connectivity index (χ3v) is 3.55. The molecule has 0 bridgehead atoms. The minimum absolute atomic E-state index is 0.0317. The lowest BCUT2D eigenvalue weighted by Crippen LogP contribution is -2.48. The summed E-state index contributed by atoms with van der Waals surface area (Å²) in [5.74, 6) is -1.29. The number of hydrogen-bond donors (Lipinski definition) is 2. The van der Waals surface area contributed by atoms with Crippen LogP contribution in [0.3, 0.4) is 0 Å². The van der Waals surface area contributed by atoms with E-state index in [-0.39, 0.29) is 19.0 Å². The first-order chi connectivity index (χ1) is 9.59. The molecule has 0 aliphatic rings. The van der Waals surface area contributed by atoms with Crippen LogP contribution in [0.25, 0.3) is 0 Å². The van der Waals surface area contributed by atoms with E-state index in [0.717, 1.165) is 0 Å². The molecule has 116 valence electrons. The molecule has 1 aromatic rings. The smallest absolute Gasteiger partial charge is 0.317 e. The minimum Gasteiger partial charge on any atom is -0.480 e. The van der Waals surface area contributed by atoms with Crippen molar-refractivity contribution in [3.05, 3.63) is 28.2 Å². The highest BCUT2D eigenvalue weighted by Gasteiger charge is 2.25. The summed E-state index contributed by atoms with van der Waals surface area (Å²) in [5, 5.41) is 12.3. The average molecular weight is 333 g/mol. The topological polar surface area (TPSA) is 69.6 Å². The molecule has 5 nitrogen and oxygen atoms in total. The summed E-state index contributed by atoms with van der Waals surface area (Å²) in [6.07, 6.45) is 0. The molecule has 0 unspecified atom stereocenters. The number of aliphatic carboxylic acids is 1. The predicted molar refractivity (Wildman–Crippen MR) is 84.1 cm³/mol. The Morgan fingerprint density at radius 3 is 2.29 bits per heavy atom. The molecule has 0 aliphatic carbocycles. The summed E-state index contributed by atoms with van der Waals surface area (Å²) in [5.41, 5.74) is 0.0754. The monoisotopic (exact) mass is 332 g/mol. The predicted octanol–water partition coefficient (Wildman–Crippen LogP) is 3.12. The van der Waals surface area contributed by atoms with Crippen molar-refractivity contribution < 1.29 is 14.7 Å². The zero-order valence-electron chi connectivity index (χ0n) is 12.1. The van der Waals surface area contributed by atoms with Gasteiger partial charge in [-0.3, -0.25) is 14.5 Å². The number of nitrogens with one attached hydrogen (secondary N) is 1. The summed E-state index contributed by atoms with van der Waals surface area (Å²) in [7, 11) is 0. The van der Waals surface area contributed by atoms with Gasteiger partial charge in [0, 0.05) is 11.2 Å². The van der Waals surface area contributed by atoms with Crippen molar-refractivity contribution in [2.75, 3.05) is 18.4 Å². The second kappa shape index (κ2) is 7.11. The third-order valence-electron chi connectivity index (χ3n) is 2.81. The first-order valence-corrected chi connectivity index (χ1v) is 7.07. The largest absolute Gasteiger partial charge is 0.480 e. The quantitative estimate of drug-likeness (QED) is 0.869. The normalized spacial score (nSPS) is 11.5. The van der Waals surface area contributed by atoms with Gasteiger partial charge in [-0.25, -0.2) is 0 Å². The van der Waals surface area contributed by atoms with Gasteiger partial charge in [-0.1, -0.05) is 23.2 Å². The van der Waals surface area contributed by atoms with E-state index in [4.69, 9.17) is 28.3 Å². The van der Waals surface area contributed by atoms with Crippen molar-refractivity contribution in [3.8, 4) is 0 Å². The number of carboxylic acids is 1. The Labute approximate surface area is 133 Å². The molecule has 1 rings (SSSR count). The van der Waals surface area contributed by atoms with Gasteiger partial charge < -0.3 is 10.4 Å². The van der Waals surface area contributed by atoms with Gasteiger partial charge in [-0.2, -0.15) is 0 Å². The fraction of sp³-hybridized carbons (Fsp3) is 0.429. The number of halogens is 2. The maximum atomic E-state index is 12.0. The van der Waals surface area contributed by atoms with Crippen molar-refractivity contribution in [1.82, 2.24) is 4.90 Å². The molecular weight excluding hydrogens is 315 g/mol. The molecule has 0 heterocycles. The van der Waals surface area contributed by atoms with Gasteiger partial charge in [0.1, 0.15) is 0 Å². The Balaban J connectivity index is 2.73. The molecule has 0 saturated heterocycles. The maximum Gasteiger partial charge on any atom is 0.317 e. The lowest BCUT2D eigenvalue weighted by Gasteiger charge is -2.33. The number of benzene rings is 1. The van der Waals surface area contributed by atoms with Gasteiger partial charge in [0.05, 0.1) is 23.1 Å². The fourth-order valence-corrected chi connectivity index (χ4v) is 1.94. The lowest BCUT2D eigenvalue weighted by molar-refractivity contribution is -0.140. The maximum absolute atomic E-state index is 12.0. The molecule has 7 heteroatoms. The Morgan fingerprint density at radius 2 is 1.81 bits per heavy atom. The van der Waals surface area contributed by atoms with Crippen LogP contribution in [0, 0.1) is 0 Å². The third kappa shape index (κ3) is 5.91. The van der Waals surface area contributed by atoms with Crippen LogP contribution in [0.1, 0.15) is 20.8 Å². The number of anilines is 1. The Bertz CT molecular complexity index is 542. The molecule has 0 fully saturated rings. The molecule has 0 spiro atoms. The summed E-state index contributed by atoms with van der Waals surface area (Å²) >= 11 is 11.7. The molecule has 1 amide bonds.